The Morgan fingerprint density at radius 2 is 2.29 bits per heavy atom. The first kappa shape index (κ1) is 15.9. The maximum Gasteiger partial charge on any atom is 0.119 e. The third-order valence-electron chi connectivity index (χ3n) is 4.91. The quantitative estimate of drug-likeness (QED) is 0.903. The number of hydrogen-bond acceptors (Lipinski definition) is 6. The topological polar surface area (TPSA) is 46.6 Å². The number of nitrogens with one attached hydrogen (secondary N) is 1. The molecule has 6 heteroatoms. The summed E-state index contributed by atoms with van der Waals surface area (Å²) in [6.07, 6.45) is 4.05. The second-order valence-electron chi connectivity index (χ2n) is 6.65. The van der Waals surface area contributed by atoms with Gasteiger partial charge in [0, 0.05) is 36.8 Å². The van der Waals surface area contributed by atoms with E-state index in [1.165, 1.54) is 5.01 Å². The summed E-state index contributed by atoms with van der Waals surface area (Å²) in [6.45, 7) is 3.82. The first-order chi connectivity index (χ1) is 11.7. The average molecular weight is 345 g/mol. The monoisotopic (exact) mass is 345 g/mol. The van der Waals surface area contributed by atoms with Crippen LogP contribution < -0.4 is 10.1 Å². The number of nitrogens with zero attached hydrogens (tertiary/aromatic N) is 2. The van der Waals surface area contributed by atoms with Crippen molar-refractivity contribution in [2.75, 3.05) is 32.1 Å². The van der Waals surface area contributed by atoms with E-state index in [2.05, 4.69) is 27.3 Å². The Morgan fingerprint density at radius 1 is 1.42 bits per heavy atom. The van der Waals surface area contributed by atoms with Crippen LogP contribution in [0.5, 0.6) is 5.75 Å². The van der Waals surface area contributed by atoms with Gasteiger partial charge >= 0.3 is 0 Å². The summed E-state index contributed by atoms with van der Waals surface area (Å²) in [5.74, 6) is 0.883. The van der Waals surface area contributed by atoms with E-state index >= 15 is 0 Å². The molecule has 0 radical (unpaired) electrons. The predicted octanol–water partition coefficient (Wildman–Crippen LogP) is 3.00. The number of benzene rings is 1. The van der Waals surface area contributed by atoms with Crippen molar-refractivity contribution in [2.45, 2.75) is 31.0 Å². The number of anilines is 1. The van der Waals surface area contributed by atoms with Crippen molar-refractivity contribution in [1.82, 2.24) is 9.88 Å². The molecule has 2 aliphatic rings. The van der Waals surface area contributed by atoms with Crippen LogP contribution in [0.3, 0.4) is 0 Å². The smallest absolute Gasteiger partial charge is 0.119 e. The highest BCUT2D eigenvalue weighted by molar-refractivity contribution is 7.09. The standard InChI is InChI=1S/C18H23N3O2S/c1-22-16-4-2-14(3-5-16)20-15-10-18(23-12-15)6-8-21(13-18)11-17-19-7-9-24-17/h2-5,7,9,15,20H,6,8,10-13H2,1H3/t15-,18+/m0/s1. The number of thiazole rings is 1. The van der Waals surface area contributed by atoms with Crippen molar-refractivity contribution in [1.29, 1.82) is 0 Å². The molecule has 2 aromatic rings. The molecule has 0 aliphatic carbocycles. The minimum atomic E-state index is 0.0153. The average Bonchev–Trinajstić information content (AvgIpc) is 3.33. The summed E-state index contributed by atoms with van der Waals surface area (Å²) in [4.78, 5) is 6.86. The molecular weight excluding hydrogens is 322 g/mol. The third kappa shape index (κ3) is 3.41. The van der Waals surface area contributed by atoms with Gasteiger partial charge in [-0.15, -0.1) is 11.3 Å². The Hall–Kier alpha value is -1.63. The molecule has 3 heterocycles. The van der Waals surface area contributed by atoms with Crippen LogP contribution in [0, 0.1) is 0 Å². The van der Waals surface area contributed by atoms with E-state index in [1.54, 1.807) is 18.4 Å². The number of likely N-dealkylation sites (tertiary alicyclic amines) is 1. The van der Waals surface area contributed by atoms with Crippen molar-refractivity contribution in [2.24, 2.45) is 0 Å². The Labute approximate surface area is 146 Å². The number of rotatable bonds is 5. The van der Waals surface area contributed by atoms with Crippen LogP contribution in [-0.4, -0.2) is 48.3 Å². The third-order valence-corrected chi connectivity index (χ3v) is 5.67. The number of methoxy groups -OCH3 is 1. The van der Waals surface area contributed by atoms with Crippen molar-refractivity contribution in [3.63, 3.8) is 0 Å². The van der Waals surface area contributed by atoms with Gasteiger partial charge in [0.2, 0.25) is 0 Å². The van der Waals surface area contributed by atoms with Crippen LogP contribution in [0.2, 0.25) is 0 Å². The van der Waals surface area contributed by atoms with Crippen LogP contribution in [0.15, 0.2) is 35.8 Å². The molecule has 5 nitrogen and oxygen atoms in total. The molecule has 4 rings (SSSR count). The highest BCUT2D eigenvalue weighted by Crippen LogP contribution is 2.36. The van der Waals surface area contributed by atoms with Crippen LogP contribution in [0.4, 0.5) is 5.69 Å². The zero-order valence-electron chi connectivity index (χ0n) is 13.9. The number of aromatic nitrogens is 1. The van der Waals surface area contributed by atoms with Gasteiger partial charge in [-0.3, -0.25) is 4.90 Å². The van der Waals surface area contributed by atoms with Crippen molar-refractivity contribution in [3.05, 3.63) is 40.8 Å². The summed E-state index contributed by atoms with van der Waals surface area (Å²) in [5, 5.41) is 6.83. The lowest BCUT2D eigenvalue weighted by Crippen LogP contribution is -2.33. The highest BCUT2D eigenvalue weighted by atomic mass is 32.1. The lowest BCUT2D eigenvalue weighted by Gasteiger charge is -2.23. The molecule has 0 bridgehead atoms. The molecule has 128 valence electrons. The Bertz CT molecular complexity index is 661. The Kier molecular flexibility index (Phi) is 4.43. The second-order valence-corrected chi connectivity index (χ2v) is 7.63. The zero-order valence-corrected chi connectivity index (χ0v) is 14.7. The lowest BCUT2D eigenvalue weighted by molar-refractivity contribution is 0.0120. The molecule has 2 fully saturated rings. The van der Waals surface area contributed by atoms with Gasteiger partial charge in [-0.05, 0) is 30.7 Å². The Balaban J connectivity index is 1.32. The van der Waals surface area contributed by atoms with E-state index < -0.39 is 0 Å². The maximum absolute atomic E-state index is 6.23. The van der Waals surface area contributed by atoms with Crippen molar-refractivity contribution >= 4 is 17.0 Å². The molecule has 0 amide bonds. The summed E-state index contributed by atoms with van der Waals surface area (Å²) in [6, 6.07) is 8.47. The van der Waals surface area contributed by atoms with Gasteiger partial charge in [-0.2, -0.15) is 0 Å². The van der Waals surface area contributed by atoms with E-state index in [9.17, 15) is 0 Å². The fourth-order valence-electron chi connectivity index (χ4n) is 3.73. The molecular formula is C18H23N3O2S. The summed E-state index contributed by atoms with van der Waals surface area (Å²) >= 11 is 1.73. The van der Waals surface area contributed by atoms with Gasteiger partial charge in [-0.25, -0.2) is 4.98 Å². The molecule has 1 aromatic heterocycles. The second kappa shape index (κ2) is 6.70. The SMILES string of the molecule is COc1ccc(N[C@@H]2CO[C@]3(CCN(Cc4nccs4)C3)C2)cc1. The fourth-order valence-corrected chi connectivity index (χ4v) is 4.39. The summed E-state index contributed by atoms with van der Waals surface area (Å²) < 4.78 is 11.4. The van der Waals surface area contributed by atoms with E-state index in [0.29, 0.717) is 6.04 Å². The molecule has 1 aromatic carbocycles. The summed E-state index contributed by atoms with van der Waals surface area (Å²) in [5.41, 5.74) is 1.14. The van der Waals surface area contributed by atoms with Gasteiger partial charge in [0.25, 0.3) is 0 Å². The Morgan fingerprint density at radius 3 is 3.04 bits per heavy atom. The van der Waals surface area contributed by atoms with Gasteiger partial charge in [0.15, 0.2) is 0 Å². The predicted molar refractivity (Wildman–Crippen MR) is 95.7 cm³/mol. The summed E-state index contributed by atoms with van der Waals surface area (Å²) in [7, 11) is 1.69. The first-order valence-corrected chi connectivity index (χ1v) is 9.28. The molecule has 2 aliphatic heterocycles. The van der Waals surface area contributed by atoms with Crippen LogP contribution in [0.25, 0.3) is 0 Å². The van der Waals surface area contributed by atoms with E-state index in [0.717, 1.165) is 50.5 Å². The van der Waals surface area contributed by atoms with E-state index in [1.807, 2.05) is 23.7 Å². The van der Waals surface area contributed by atoms with Gasteiger partial charge in [0.05, 0.1) is 31.9 Å². The maximum atomic E-state index is 6.23. The van der Waals surface area contributed by atoms with Crippen molar-refractivity contribution in [3.8, 4) is 5.75 Å². The van der Waals surface area contributed by atoms with Gasteiger partial charge < -0.3 is 14.8 Å². The lowest BCUT2D eigenvalue weighted by atomic mass is 9.97. The van der Waals surface area contributed by atoms with Gasteiger partial charge in [0.1, 0.15) is 10.8 Å². The van der Waals surface area contributed by atoms with Crippen LogP contribution in [-0.2, 0) is 11.3 Å². The minimum Gasteiger partial charge on any atom is -0.497 e. The number of hydrogen-bond donors (Lipinski definition) is 1. The molecule has 1 N–H and O–H groups in total. The van der Waals surface area contributed by atoms with Crippen LogP contribution >= 0.6 is 11.3 Å². The van der Waals surface area contributed by atoms with Crippen LogP contribution in [0.1, 0.15) is 17.8 Å². The fraction of sp³-hybridized carbons (Fsp3) is 0.500. The molecule has 0 saturated carbocycles. The molecule has 1 spiro atoms. The largest absolute Gasteiger partial charge is 0.497 e. The molecule has 2 saturated heterocycles. The van der Waals surface area contributed by atoms with Gasteiger partial charge in [-0.1, -0.05) is 0 Å². The molecule has 24 heavy (non-hydrogen) atoms. The zero-order chi connectivity index (χ0) is 16.4. The molecule has 0 unspecified atom stereocenters. The normalized spacial score (nSPS) is 27.0. The molecule has 2 atom stereocenters. The highest BCUT2D eigenvalue weighted by Gasteiger charge is 2.45. The van der Waals surface area contributed by atoms with E-state index in [4.69, 9.17) is 9.47 Å². The van der Waals surface area contributed by atoms with E-state index in [-0.39, 0.29) is 5.60 Å². The minimum absolute atomic E-state index is 0.0153. The number of ether oxygens (including phenoxy) is 2. The van der Waals surface area contributed by atoms with Crippen molar-refractivity contribution < 1.29 is 9.47 Å². The first-order valence-electron chi connectivity index (χ1n) is 8.40.